The van der Waals surface area contributed by atoms with Crippen molar-refractivity contribution in [2.24, 2.45) is 0 Å². The van der Waals surface area contributed by atoms with E-state index in [2.05, 4.69) is 25.6 Å². The van der Waals surface area contributed by atoms with Crippen LogP contribution in [-0.2, 0) is 13.0 Å². The van der Waals surface area contributed by atoms with Crippen LogP contribution in [0.2, 0.25) is 5.28 Å². The molecule has 0 fully saturated rings. The molecule has 0 saturated carbocycles. The highest BCUT2D eigenvalue weighted by molar-refractivity contribution is 6.28. The average molecular weight is 306 g/mol. The highest BCUT2D eigenvalue weighted by atomic mass is 35.5. The van der Waals surface area contributed by atoms with Crippen LogP contribution in [0, 0.1) is 0 Å². The number of hydrogen-bond acceptors (Lipinski definition) is 5. The number of fused-ring (bicyclic) bond motifs is 1. The van der Waals surface area contributed by atoms with E-state index in [1.807, 2.05) is 25.2 Å². The molecule has 6 nitrogen and oxygen atoms in total. The summed E-state index contributed by atoms with van der Waals surface area (Å²) in [4.78, 5) is 11.8. The van der Waals surface area contributed by atoms with Crippen LogP contribution in [0.1, 0.15) is 11.5 Å². The van der Waals surface area contributed by atoms with Crippen LogP contribution in [0.25, 0.3) is 11.0 Å². The van der Waals surface area contributed by atoms with Gasteiger partial charge in [-0.15, -0.1) is 0 Å². The van der Waals surface area contributed by atoms with Gasteiger partial charge in [-0.05, 0) is 43.3 Å². The Kier molecular flexibility index (Phi) is 4.08. The lowest BCUT2D eigenvalue weighted by atomic mass is 10.3. The molecule has 0 saturated heterocycles. The third-order valence-electron chi connectivity index (χ3n) is 3.17. The van der Waals surface area contributed by atoms with Crippen LogP contribution in [0.4, 0.5) is 5.82 Å². The molecule has 7 heteroatoms. The molecule has 3 aromatic heterocycles. The molecule has 0 unspecified atom stereocenters. The first-order valence-electron chi connectivity index (χ1n) is 6.72. The summed E-state index contributed by atoms with van der Waals surface area (Å²) in [5.74, 6) is 1.54. The Labute approximate surface area is 126 Å². The minimum Gasteiger partial charge on any atom is -0.467 e. The van der Waals surface area contributed by atoms with E-state index in [1.54, 1.807) is 6.26 Å². The number of likely N-dealkylation sites (N-methyl/N-ethyl adjacent to an activating group) is 1. The van der Waals surface area contributed by atoms with Gasteiger partial charge in [0.1, 0.15) is 17.2 Å². The van der Waals surface area contributed by atoms with Crippen molar-refractivity contribution in [2.75, 3.05) is 18.9 Å². The fourth-order valence-electron chi connectivity index (χ4n) is 2.15. The Morgan fingerprint density at radius 1 is 1.38 bits per heavy atom. The molecule has 0 bridgehead atoms. The van der Waals surface area contributed by atoms with Crippen LogP contribution in [-0.4, -0.2) is 28.5 Å². The maximum atomic E-state index is 5.98. The van der Waals surface area contributed by atoms with Crippen molar-refractivity contribution in [2.45, 2.75) is 13.0 Å². The van der Waals surface area contributed by atoms with E-state index in [4.69, 9.17) is 16.0 Å². The lowest BCUT2D eigenvalue weighted by Gasteiger charge is -2.04. The second kappa shape index (κ2) is 6.15. The fraction of sp³-hybridized carbons (Fsp3) is 0.286. The zero-order valence-corrected chi connectivity index (χ0v) is 12.4. The summed E-state index contributed by atoms with van der Waals surface area (Å²) in [6.45, 7) is 1.44. The largest absolute Gasteiger partial charge is 0.467 e. The number of nitrogens with zero attached hydrogens (tertiary/aromatic N) is 2. The van der Waals surface area contributed by atoms with Crippen molar-refractivity contribution in [1.29, 1.82) is 0 Å². The lowest BCUT2D eigenvalue weighted by molar-refractivity contribution is 0.518. The summed E-state index contributed by atoms with van der Waals surface area (Å²) in [6.07, 6.45) is 2.54. The van der Waals surface area contributed by atoms with Crippen molar-refractivity contribution >= 4 is 28.5 Å². The molecule has 0 aliphatic carbocycles. The summed E-state index contributed by atoms with van der Waals surface area (Å²) in [5, 5.41) is 7.50. The third-order valence-corrected chi connectivity index (χ3v) is 3.34. The number of hydrogen-bond donors (Lipinski definition) is 3. The number of nitrogens with one attached hydrogen (secondary N) is 3. The smallest absolute Gasteiger partial charge is 0.226 e. The van der Waals surface area contributed by atoms with Crippen molar-refractivity contribution in [3.63, 3.8) is 0 Å². The number of halogens is 1. The number of furan rings is 1. The second-order valence-electron chi connectivity index (χ2n) is 4.68. The zero-order valence-electron chi connectivity index (χ0n) is 11.6. The number of anilines is 1. The molecule has 3 N–H and O–H groups in total. The predicted octanol–water partition coefficient (Wildman–Crippen LogP) is 2.58. The number of H-pyrrole nitrogens is 1. The monoisotopic (exact) mass is 305 g/mol. The Morgan fingerprint density at radius 3 is 3.05 bits per heavy atom. The maximum absolute atomic E-state index is 5.98. The van der Waals surface area contributed by atoms with E-state index in [1.165, 1.54) is 0 Å². The van der Waals surface area contributed by atoms with Crippen molar-refractivity contribution < 1.29 is 4.42 Å². The summed E-state index contributed by atoms with van der Waals surface area (Å²) in [6, 6.07) is 5.81. The molecule has 0 atom stereocenters. The molecule has 3 aromatic rings. The molecule has 0 aliphatic heterocycles. The molecule has 0 aliphatic rings. The van der Waals surface area contributed by atoms with E-state index in [-0.39, 0.29) is 5.28 Å². The summed E-state index contributed by atoms with van der Waals surface area (Å²) < 4.78 is 5.30. The normalized spacial score (nSPS) is 11.1. The van der Waals surface area contributed by atoms with Gasteiger partial charge in [0, 0.05) is 12.2 Å². The van der Waals surface area contributed by atoms with Gasteiger partial charge >= 0.3 is 0 Å². The van der Waals surface area contributed by atoms with Gasteiger partial charge in [-0.1, -0.05) is 0 Å². The standard InChI is InChI=1S/C14H16ClN5O/c1-16-5-4-9-7-11-12(17-8-10-3-2-6-21-10)19-14(15)20-13(11)18-9/h2-3,6-7,16H,4-5,8H2,1H3,(H2,17,18,19,20). The first-order chi connectivity index (χ1) is 10.3. The minimum absolute atomic E-state index is 0.214. The number of aromatic amines is 1. The summed E-state index contributed by atoms with van der Waals surface area (Å²) in [5.41, 5.74) is 1.83. The highest BCUT2D eigenvalue weighted by Crippen LogP contribution is 2.23. The van der Waals surface area contributed by atoms with Crippen LogP contribution in [0.15, 0.2) is 28.9 Å². The Hall–Kier alpha value is -2.05. The Morgan fingerprint density at radius 2 is 2.29 bits per heavy atom. The molecule has 0 amide bonds. The van der Waals surface area contributed by atoms with E-state index in [9.17, 15) is 0 Å². The quantitative estimate of drug-likeness (QED) is 0.610. The minimum atomic E-state index is 0.214. The molecular formula is C14H16ClN5O. The first kappa shape index (κ1) is 13.9. The SMILES string of the molecule is CNCCc1cc2c(NCc3ccco3)nc(Cl)nc2[nH]1. The molecule has 0 spiro atoms. The van der Waals surface area contributed by atoms with E-state index in [0.29, 0.717) is 12.4 Å². The molecule has 0 aromatic carbocycles. The van der Waals surface area contributed by atoms with Crippen molar-refractivity contribution in [1.82, 2.24) is 20.3 Å². The Balaban J connectivity index is 1.87. The van der Waals surface area contributed by atoms with Crippen LogP contribution in [0.5, 0.6) is 0 Å². The lowest BCUT2D eigenvalue weighted by Crippen LogP contribution is -2.10. The average Bonchev–Trinajstić information content (AvgIpc) is 3.11. The van der Waals surface area contributed by atoms with Gasteiger partial charge in [0.2, 0.25) is 5.28 Å². The summed E-state index contributed by atoms with van der Waals surface area (Å²) in [7, 11) is 1.93. The van der Waals surface area contributed by atoms with E-state index < -0.39 is 0 Å². The van der Waals surface area contributed by atoms with Gasteiger partial charge in [-0.2, -0.15) is 4.98 Å². The maximum Gasteiger partial charge on any atom is 0.226 e. The van der Waals surface area contributed by atoms with E-state index >= 15 is 0 Å². The van der Waals surface area contributed by atoms with Gasteiger partial charge in [-0.3, -0.25) is 0 Å². The molecule has 0 radical (unpaired) electrons. The third kappa shape index (κ3) is 3.17. The summed E-state index contributed by atoms with van der Waals surface area (Å²) >= 11 is 5.98. The predicted molar refractivity (Wildman–Crippen MR) is 82.6 cm³/mol. The molecular weight excluding hydrogens is 290 g/mol. The number of aromatic nitrogens is 3. The zero-order chi connectivity index (χ0) is 14.7. The second-order valence-corrected chi connectivity index (χ2v) is 5.02. The number of rotatable bonds is 6. The van der Waals surface area contributed by atoms with E-state index in [0.717, 1.165) is 35.5 Å². The van der Waals surface area contributed by atoms with Gasteiger partial charge in [0.05, 0.1) is 18.2 Å². The molecule has 110 valence electrons. The first-order valence-corrected chi connectivity index (χ1v) is 7.10. The van der Waals surface area contributed by atoms with Gasteiger partial charge < -0.3 is 20.0 Å². The van der Waals surface area contributed by atoms with Crippen molar-refractivity contribution in [3.8, 4) is 0 Å². The van der Waals surface area contributed by atoms with Crippen LogP contribution in [0.3, 0.4) is 0 Å². The Bertz CT molecular complexity index is 722. The molecule has 3 heterocycles. The van der Waals surface area contributed by atoms with Gasteiger partial charge in [-0.25, -0.2) is 4.98 Å². The highest BCUT2D eigenvalue weighted by Gasteiger charge is 2.10. The van der Waals surface area contributed by atoms with Gasteiger partial charge in [0.15, 0.2) is 0 Å². The fourth-order valence-corrected chi connectivity index (χ4v) is 2.32. The molecule has 21 heavy (non-hydrogen) atoms. The molecule has 3 rings (SSSR count). The van der Waals surface area contributed by atoms with Crippen LogP contribution < -0.4 is 10.6 Å². The van der Waals surface area contributed by atoms with Gasteiger partial charge in [0.25, 0.3) is 0 Å². The van der Waals surface area contributed by atoms with Crippen molar-refractivity contribution in [3.05, 3.63) is 41.2 Å². The topological polar surface area (TPSA) is 78.8 Å². The van der Waals surface area contributed by atoms with Crippen LogP contribution >= 0.6 is 11.6 Å².